The van der Waals surface area contributed by atoms with Gasteiger partial charge in [0.1, 0.15) is 11.3 Å². The first-order chi connectivity index (χ1) is 15.0. The van der Waals surface area contributed by atoms with Crippen LogP contribution >= 0.6 is 0 Å². The van der Waals surface area contributed by atoms with Gasteiger partial charge in [0.05, 0.1) is 30.5 Å². The third-order valence-electron chi connectivity index (χ3n) is 4.90. The van der Waals surface area contributed by atoms with Gasteiger partial charge in [0.15, 0.2) is 0 Å². The van der Waals surface area contributed by atoms with Crippen molar-refractivity contribution in [2.45, 2.75) is 52.6 Å². The van der Waals surface area contributed by atoms with E-state index in [-0.39, 0.29) is 18.4 Å². The summed E-state index contributed by atoms with van der Waals surface area (Å²) in [6, 6.07) is 5.01. The average Bonchev–Trinajstić information content (AvgIpc) is 3.41. The Morgan fingerprint density at radius 1 is 1.23 bits per heavy atom. The number of halogens is 1. The highest BCUT2D eigenvalue weighted by molar-refractivity contribution is 5.80. The van der Waals surface area contributed by atoms with Crippen LogP contribution in [0.5, 0.6) is 0 Å². The number of rotatable bonds is 6. The van der Waals surface area contributed by atoms with E-state index in [4.69, 9.17) is 0 Å². The zero-order chi connectivity index (χ0) is 22.4. The summed E-state index contributed by atoms with van der Waals surface area (Å²) in [5.41, 5.74) is 4.24. The summed E-state index contributed by atoms with van der Waals surface area (Å²) in [6.07, 6.45) is 7.45. The van der Waals surface area contributed by atoms with Gasteiger partial charge in [-0.15, -0.1) is 0 Å². The van der Waals surface area contributed by atoms with Gasteiger partial charge in [-0.25, -0.2) is 14.4 Å². The monoisotopic (exact) mass is 422 g/mol. The number of nitrogens with zero attached hydrogens (tertiary/aromatic N) is 6. The Morgan fingerprint density at radius 3 is 2.81 bits per heavy atom. The molecule has 1 unspecified atom stereocenters. The van der Waals surface area contributed by atoms with Crippen LogP contribution in [0.2, 0.25) is 0 Å². The average molecular weight is 423 g/mol. The lowest BCUT2D eigenvalue weighted by Gasteiger charge is -2.22. The first kappa shape index (κ1) is 22.3. The van der Waals surface area contributed by atoms with Gasteiger partial charge in [-0.05, 0) is 37.1 Å². The summed E-state index contributed by atoms with van der Waals surface area (Å²) in [7, 11) is 0. The molecule has 0 saturated carbocycles. The Labute approximate surface area is 181 Å². The summed E-state index contributed by atoms with van der Waals surface area (Å²) in [5, 5.41) is 9.97. The van der Waals surface area contributed by atoms with Gasteiger partial charge in [0.2, 0.25) is 5.91 Å². The van der Waals surface area contributed by atoms with Crippen molar-refractivity contribution in [1.82, 2.24) is 24.8 Å². The fourth-order valence-electron chi connectivity index (χ4n) is 3.43. The van der Waals surface area contributed by atoms with Gasteiger partial charge in [-0.3, -0.25) is 14.5 Å². The maximum atomic E-state index is 13.5. The van der Waals surface area contributed by atoms with Crippen molar-refractivity contribution in [3.63, 3.8) is 0 Å². The lowest BCUT2D eigenvalue weighted by atomic mass is 10.1. The van der Waals surface area contributed by atoms with Crippen LogP contribution in [-0.4, -0.2) is 36.9 Å². The molecule has 0 spiro atoms. The maximum absolute atomic E-state index is 13.5. The minimum absolute atomic E-state index is 0.128. The normalized spacial score (nSPS) is 15.1. The number of aromatic nitrogens is 4. The second-order valence-corrected chi connectivity index (χ2v) is 7.13. The molecule has 0 fully saturated rings. The molecular formula is C23H27FN6O. The predicted octanol–water partition coefficient (Wildman–Crippen LogP) is 4.60. The smallest absolute Gasteiger partial charge is 0.243 e. The van der Waals surface area contributed by atoms with Crippen molar-refractivity contribution in [2.75, 3.05) is 0 Å². The maximum Gasteiger partial charge on any atom is 0.243 e. The van der Waals surface area contributed by atoms with E-state index in [0.717, 1.165) is 28.5 Å². The van der Waals surface area contributed by atoms with E-state index in [1.807, 2.05) is 37.6 Å². The number of hydrogen-bond acceptors (Lipinski definition) is 5. The molecule has 4 heterocycles. The predicted molar refractivity (Wildman–Crippen MR) is 119 cm³/mol. The van der Waals surface area contributed by atoms with Crippen molar-refractivity contribution < 1.29 is 9.18 Å². The molecule has 1 aliphatic heterocycles. The second-order valence-electron chi connectivity index (χ2n) is 7.13. The van der Waals surface area contributed by atoms with Crippen molar-refractivity contribution in [2.24, 2.45) is 5.10 Å². The number of allylic oxidation sites excluding steroid dienone is 1. The Balaban J connectivity index is 0.00000132. The molecule has 3 aromatic heterocycles. The van der Waals surface area contributed by atoms with Gasteiger partial charge in [-0.2, -0.15) is 10.2 Å². The molecule has 3 aromatic rings. The van der Waals surface area contributed by atoms with Gasteiger partial charge in [0.25, 0.3) is 0 Å². The van der Waals surface area contributed by atoms with E-state index in [1.54, 1.807) is 18.6 Å². The second kappa shape index (κ2) is 10.1. The summed E-state index contributed by atoms with van der Waals surface area (Å²) >= 11 is 0. The minimum Gasteiger partial charge on any atom is -0.273 e. The molecule has 1 aliphatic rings. The van der Waals surface area contributed by atoms with Gasteiger partial charge in [-0.1, -0.05) is 26.0 Å². The molecule has 0 bridgehead atoms. The highest BCUT2D eigenvalue weighted by Gasteiger charge is 2.28. The molecule has 8 heteroatoms. The summed E-state index contributed by atoms with van der Waals surface area (Å²) in [6.45, 7) is 10.5. The number of pyridine rings is 2. The number of carbonyl (C=O) groups excluding carboxylic acids is 1. The first-order valence-corrected chi connectivity index (χ1v) is 10.4. The van der Waals surface area contributed by atoms with Crippen molar-refractivity contribution in [1.29, 1.82) is 0 Å². The van der Waals surface area contributed by atoms with E-state index in [0.29, 0.717) is 24.9 Å². The summed E-state index contributed by atoms with van der Waals surface area (Å²) in [5.74, 6) is -0.553. The van der Waals surface area contributed by atoms with Crippen molar-refractivity contribution >= 4 is 23.2 Å². The van der Waals surface area contributed by atoms with Crippen LogP contribution in [0.3, 0.4) is 0 Å². The van der Waals surface area contributed by atoms with Crippen LogP contribution in [0.15, 0.2) is 54.0 Å². The van der Waals surface area contributed by atoms with Crippen LogP contribution in [0.4, 0.5) is 4.39 Å². The molecule has 0 radical (unpaired) electrons. The van der Waals surface area contributed by atoms with Crippen LogP contribution in [0.1, 0.15) is 50.4 Å². The molecule has 0 aliphatic carbocycles. The molecule has 4 rings (SSSR count). The van der Waals surface area contributed by atoms with Crippen LogP contribution < -0.4 is 0 Å². The zero-order valence-corrected chi connectivity index (χ0v) is 18.1. The Kier molecular flexibility index (Phi) is 7.23. The molecular weight excluding hydrogens is 395 g/mol. The molecule has 0 N–H and O–H groups in total. The third kappa shape index (κ3) is 5.20. The lowest BCUT2D eigenvalue weighted by Crippen LogP contribution is -2.27. The molecule has 1 amide bonds. The quantitative estimate of drug-likeness (QED) is 0.544. The summed E-state index contributed by atoms with van der Waals surface area (Å²) in [4.78, 5) is 21.0. The van der Waals surface area contributed by atoms with Crippen LogP contribution in [0.25, 0.3) is 11.0 Å². The number of amides is 1. The number of carbonyl (C=O) groups is 1. The van der Waals surface area contributed by atoms with E-state index in [2.05, 4.69) is 26.7 Å². The van der Waals surface area contributed by atoms with E-state index in [1.165, 1.54) is 11.1 Å². The van der Waals surface area contributed by atoms with Gasteiger partial charge in [0, 0.05) is 30.9 Å². The Hall–Kier alpha value is -3.42. The molecule has 162 valence electrons. The minimum atomic E-state index is -0.425. The fraction of sp³-hybridized carbons (Fsp3) is 0.348. The number of hydrazone groups is 1. The fourth-order valence-corrected chi connectivity index (χ4v) is 3.43. The Bertz CT molecular complexity index is 1110. The molecule has 31 heavy (non-hydrogen) atoms. The zero-order valence-electron chi connectivity index (χ0n) is 18.1. The van der Waals surface area contributed by atoms with E-state index < -0.39 is 5.82 Å². The molecule has 7 nitrogen and oxygen atoms in total. The highest BCUT2D eigenvalue weighted by atomic mass is 19.1. The van der Waals surface area contributed by atoms with Crippen LogP contribution in [0, 0.1) is 12.7 Å². The Morgan fingerprint density at radius 2 is 2.03 bits per heavy atom. The van der Waals surface area contributed by atoms with E-state index >= 15 is 0 Å². The highest BCUT2D eigenvalue weighted by Crippen LogP contribution is 2.29. The molecule has 0 aromatic carbocycles. The van der Waals surface area contributed by atoms with Gasteiger partial charge < -0.3 is 0 Å². The number of aryl methyl sites for hydroxylation is 1. The number of fused-ring (bicyclic) bond motifs is 1. The summed E-state index contributed by atoms with van der Waals surface area (Å²) < 4.78 is 15.3. The van der Waals surface area contributed by atoms with Crippen LogP contribution in [-0.2, 0) is 11.3 Å². The lowest BCUT2D eigenvalue weighted by molar-refractivity contribution is -0.133. The van der Waals surface area contributed by atoms with Crippen molar-refractivity contribution in [3.05, 3.63) is 66.0 Å². The van der Waals surface area contributed by atoms with Gasteiger partial charge >= 0.3 is 0 Å². The SMILES string of the molecule is C=C(CCC(=O)N1N=CCC1c1cncc(F)c1)Cn1ncc2nc(C)ccc21.CC. The first-order valence-electron chi connectivity index (χ1n) is 10.4. The largest absolute Gasteiger partial charge is 0.273 e. The standard InChI is InChI=1S/C21H21FN6O.C2H6/c1-14(13-27-20-5-4-15(2)26-18(20)12-25-27)3-6-21(29)28-19(7-8-24-28)16-9-17(22)11-23-10-16;1-2/h4-5,8-12,19H,1,3,6-7,13H2,2H3;1-2H3. The van der Waals surface area contributed by atoms with Crippen molar-refractivity contribution in [3.8, 4) is 0 Å². The topological polar surface area (TPSA) is 76.3 Å². The molecule has 0 saturated heterocycles. The third-order valence-corrected chi connectivity index (χ3v) is 4.90. The number of hydrogen-bond donors (Lipinski definition) is 0. The van der Waals surface area contributed by atoms with E-state index in [9.17, 15) is 9.18 Å². The molecule has 1 atom stereocenters.